The molecule has 0 aliphatic heterocycles. The zero-order chi connectivity index (χ0) is 12.5. The van der Waals surface area contributed by atoms with E-state index in [0.717, 1.165) is 29.5 Å². The predicted octanol–water partition coefficient (Wildman–Crippen LogP) is 2.41. The Labute approximate surface area is 110 Å². The number of rotatable bonds is 4. The van der Waals surface area contributed by atoms with Crippen LogP contribution in [0.3, 0.4) is 0 Å². The van der Waals surface area contributed by atoms with Crippen LogP contribution in [0, 0.1) is 5.41 Å². The summed E-state index contributed by atoms with van der Waals surface area (Å²) in [6.45, 7) is 0.768. The molecule has 0 radical (unpaired) electrons. The van der Waals surface area contributed by atoms with Crippen molar-refractivity contribution in [3.05, 3.63) is 28.7 Å². The molecule has 4 heteroatoms. The molecule has 1 aliphatic carbocycles. The van der Waals surface area contributed by atoms with Crippen molar-refractivity contribution in [2.24, 2.45) is 5.41 Å². The Hall–Kier alpha value is -0.870. The van der Waals surface area contributed by atoms with E-state index in [0.29, 0.717) is 0 Å². The van der Waals surface area contributed by atoms with Crippen molar-refractivity contribution in [1.29, 1.82) is 0 Å². The Kier molecular flexibility index (Phi) is 3.54. The van der Waals surface area contributed by atoms with Gasteiger partial charge in [-0.2, -0.15) is 0 Å². The highest BCUT2D eigenvalue weighted by Gasteiger charge is 2.50. The fourth-order valence-corrected chi connectivity index (χ4v) is 2.50. The normalized spacial score (nSPS) is 16.6. The van der Waals surface area contributed by atoms with Crippen LogP contribution in [0.15, 0.2) is 28.7 Å². The summed E-state index contributed by atoms with van der Waals surface area (Å²) in [5, 5.41) is 3.11. The molecule has 3 nitrogen and oxygen atoms in total. The van der Waals surface area contributed by atoms with Gasteiger partial charge in [0.15, 0.2) is 0 Å². The first-order valence-corrected chi connectivity index (χ1v) is 6.57. The summed E-state index contributed by atoms with van der Waals surface area (Å²) in [6, 6.07) is 7.83. The van der Waals surface area contributed by atoms with Gasteiger partial charge in [0.25, 0.3) is 0 Å². The average molecular weight is 297 g/mol. The Morgan fingerprint density at radius 1 is 1.53 bits per heavy atom. The number of hydrogen-bond acceptors (Lipinski definition) is 2. The van der Waals surface area contributed by atoms with Gasteiger partial charge >= 0.3 is 0 Å². The van der Waals surface area contributed by atoms with Crippen molar-refractivity contribution < 1.29 is 4.79 Å². The van der Waals surface area contributed by atoms with Crippen molar-refractivity contribution in [3.63, 3.8) is 0 Å². The molecule has 0 spiro atoms. The van der Waals surface area contributed by atoms with Crippen LogP contribution in [0.1, 0.15) is 12.8 Å². The lowest BCUT2D eigenvalue weighted by Crippen LogP contribution is -2.39. The van der Waals surface area contributed by atoms with Crippen LogP contribution >= 0.6 is 15.9 Å². The lowest BCUT2D eigenvalue weighted by Gasteiger charge is -2.23. The molecule has 0 unspecified atom stereocenters. The number of nitrogens with one attached hydrogen (secondary N) is 1. The lowest BCUT2D eigenvalue weighted by atomic mass is 10.1. The Morgan fingerprint density at radius 2 is 2.24 bits per heavy atom. The summed E-state index contributed by atoms with van der Waals surface area (Å²) in [5.74, 6) is 0.213. The smallest absolute Gasteiger partial charge is 0.234 e. The fourth-order valence-electron chi connectivity index (χ4n) is 2.11. The topological polar surface area (TPSA) is 32.3 Å². The summed E-state index contributed by atoms with van der Waals surface area (Å²) >= 11 is 3.43. The number of hydrogen-bond donors (Lipinski definition) is 1. The summed E-state index contributed by atoms with van der Waals surface area (Å²) < 4.78 is 0.994. The number of halogens is 1. The van der Waals surface area contributed by atoms with E-state index in [1.807, 2.05) is 38.4 Å². The Balaban J connectivity index is 2.15. The number of benzene rings is 1. The van der Waals surface area contributed by atoms with Crippen molar-refractivity contribution in [2.45, 2.75) is 12.8 Å². The van der Waals surface area contributed by atoms with E-state index in [-0.39, 0.29) is 11.3 Å². The standard InChI is InChI=1S/C13H17BrN2O/c1-15-9-13(6-7-13)12(17)16(2)11-5-3-4-10(14)8-11/h3-5,8,15H,6-7,9H2,1-2H3. The third kappa shape index (κ3) is 2.53. The van der Waals surface area contributed by atoms with E-state index in [1.165, 1.54) is 0 Å². The highest BCUT2D eigenvalue weighted by molar-refractivity contribution is 9.10. The van der Waals surface area contributed by atoms with Gasteiger partial charge < -0.3 is 10.2 Å². The van der Waals surface area contributed by atoms with Crippen LogP contribution in [0.2, 0.25) is 0 Å². The van der Waals surface area contributed by atoms with Gasteiger partial charge in [-0.25, -0.2) is 0 Å². The van der Waals surface area contributed by atoms with Crippen LogP contribution in [-0.2, 0) is 4.79 Å². The van der Waals surface area contributed by atoms with E-state index in [4.69, 9.17) is 0 Å². The molecule has 1 aromatic carbocycles. The van der Waals surface area contributed by atoms with Crippen molar-refractivity contribution in [3.8, 4) is 0 Å². The second kappa shape index (κ2) is 4.78. The molecule has 1 N–H and O–H groups in total. The number of amides is 1. The van der Waals surface area contributed by atoms with Crippen LogP contribution in [0.5, 0.6) is 0 Å². The molecule has 1 fully saturated rings. The SMILES string of the molecule is CNCC1(C(=O)N(C)c2cccc(Br)c2)CC1. The lowest BCUT2D eigenvalue weighted by molar-refractivity contribution is -0.123. The molecule has 1 aliphatic rings. The highest BCUT2D eigenvalue weighted by atomic mass is 79.9. The third-order valence-electron chi connectivity index (χ3n) is 3.32. The van der Waals surface area contributed by atoms with E-state index >= 15 is 0 Å². The molecule has 0 heterocycles. The van der Waals surface area contributed by atoms with Crippen LogP contribution in [0.25, 0.3) is 0 Å². The van der Waals surface area contributed by atoms with E-state index in [9.17, 15) is 4.79 Å². The zero-order valence-corrected chi connectivity index (χ0v) is 11.8. The van der Waals surface area contributed by atoms with E-state index in [2.05, 4.69) is 21.2 Å². The van der Waals surface area contributed by atoms with Gasteiger partial charge in [-0.3, -0.25) is 4.79 Å². The van der Waals surface area contributed by atoms with Gasteiger partial charge in [0, 0.05) is 23.8 Å². The highest BCUT2D eigenvalue weighted by Crippen LogP contribution is 2.47. The molecule has 1 amide bonds. The van der Waals surface area contributed by atoms with Crippen LogP contribution in [0.4, 0.5) is 5.69 Å². The largest absolute Gasteiger partial charge is 0.319 e. The van der Waals surface area contributed by atoms with Crippen LogP contribution in [-0.4, -0.2) is 26.5 Å². The molecule has 0 atom stereocenters. The molecule has 1 saturated carbocycles. The predicted molar refractivity (Wildman–Crippen MR) is 73.1 cm³/mol. The van der Waals surface area contributed by atoms with Gasteiger partial charge in [-0.1, -0.05) is 22.0 Å². The molecule has 17 heavy (non-hydrogen) atoms. The number of anilines is 1. The first-order chi connectivity index (χ1) is 8.09. The monoisotopic (exact) mass is 296 g/mol. The first-order valence-electron chi connectivity index (χ1n) is 5.77. The van der Waals surface area contributed by atoms with Gasteiger partial charge in [0.05, 0.1) is 5.41 Å². The first kappa shape index (κ1) is 12.6. The summed E-state index contributed by atoms with van der Waals surface area (Å²) in [7, 11) is 3.74. The molecular formula is C13H17BrN2O. The Morgan fingerprint density at radius 3 is 2.76 bits per heavy atom. The zero-order valence-electron chi connectivity index (χ0n) is 10.2. The summed E-state index contributed by atoms with van der Waals surface area (Å²) in [4.78, 5) is 14.2. The summed E-state index contributed by atoms with van der Waals surface area (Å²) in [6.07, 6.45) is 1.98. The summed E-state index contributed by atoms with van der Waals surface area (Å²) in [5.41, 5.74) is 0.776. The molecule has 0 saturated heterocycles. The molecule has 1 aromatic rings. The molecule has 2 rings (SSSR count). The average Bonchev–Trinajstić information content (AvgIpc) is 3.09. The molecular weight excluding hydrogens is 280 g/mol. The van der Waals surface area contributed by atoms with Crippen molar-refractivity contribution in [1.82, 2.24) is 5.32 Å². The number of nitrogens with zero attached hydrogens (tertiary/aromatic N) is 1. The van der Waals surface area contributed by atoms with E-state index in [1.54, 1.807) is 4.90 Å². The van der Waals surface area contributed by atoms with Gasteiger partial charge in [0.1, 0.15) is 0 Å². The molecule has 0 aromatic heterocycles. The maximum Gasteiger partial charge on any atom is 0.234 e. The van der Waals surface area contributed by atoms with Gasteiger partial charge in [-0.05, 0) is 38.1 Å². The van der Waals surface area contributed by atoms with Crippen molar-refractivity contribution in [2.75, 3.05) is 25.5 Å². The minimum Gasteiger partial charge on any atom is -0.319 e. The third-order valence-corrected chi connectivity index (χ3v) is 3.82. The minimum atomic E-state index is -0.161. The van der Waals surface area contributed by atoms with Crippen LogP contribution < -0.4 is 10.2 Å². The maximum atomic E-state index is 12.4. The number of carbonyl (C=O) groups is 1. The van der Waals surface area contributed by atoms with Gasteiger partial charge in [0.2, 0.25) is 5.91 Å². The second-order valence-electron chi connectivity index (χ2n) is 4.65. The second-order valence-corrected chi connectivity index (χ2v) is 5.57. The fraction of sp³-hybridized carbons (Fsp3) is 0.462. The van der Waals surface area contributed by atoms with Crippen molar-refractivity contribution >= 4 is 27.5 Å². The number of carbonyl (C=O) groups excluding carboxylic acids is 1. The molecule has 0 bridgehead atoms. The molecule has 92 valence electrons. The maximum absolute atomic E-state index is 12.4. The quantitative estimate of drug-likeness (QED) is 0.925. The Bertz CT molecular complexity index is 429. The van der Waals surface area contributed by atoms with Gasteiger partial charge in [-0.15, -0.1) is 0 Å². The van der Waals surface area contributed by atoms with E-state index < -0.39 is 0 Å². The minimum absolute atomic E-state index is 0.161.